The van der Waals surface area contributed by atoms with E-state index in [4.69, 9.17) is 14.2 Å². The SMILES string of the molecule is CCN(Cc1cnc(C)nc1)c1ccc(OCCOc2ccccc2OC)cc1. The molecule has 0 bridgehead atoms. The van der Waals surface area contributed by atoms with Crippen molar-refractivity contribution in [1.82, 2.24) is 9.97 Å². The number of nitrogens with zero attached hydrogens (tertiary/aromatic N) is 3. The van der Waals surface area contributed by atoms with Gasteiger partial charge in [-0.1, -0.05) is 12.1 Å². The van der Waals surface area contributed by atoms with E-state index in [-0.39, 0.29) is 0 Å². The van der Waals surface area contributed by atoms with E-state index in [2.05, 4.69) is 33.9 Å². The van der Waals surface area contributed by atoms with Gasteiger partial charge in [-0.25, -0.2) is 9.97 Å². The second-order valence-electron chi connectivity index (χ2n) is 6.49. The number of hydrogen-bond donors (Lipinski definition) is 0. The van der Waals surface area contributed by atoms with E-state index in [1.807, 2.05) is 55.7 Å². The topological polar surface area (TPSA) is 56.7 Å². The predicted octanol–water partition coefficient (Wildman–Crippen LogP) is 4.28. The number of rotatable bonds is 10. The van der Waals surface area contributed by atoms with E-state index in [1.54, 1.807) is 7.11 Å². The highest BCUT2D eigenvalue weighted by atomic mass is 16.5. The van der Waals surface area contributed by atoms with Gasteiger partial charge in [-0.3, -0.25) is 0 Å². The number of hydrogen-bond acceptors (Lipinski definition) is 6. The molecule has 0 saturated heterocycles. The molecule has 0 aliphatic rings. The molecule has 152 valence electrons. The van der Waals surface area contributed by atoms with Gasteiger partial charge in [0.2, 0.25) is 0 Å². The third kappa shape index (κ3) is 5.85. The van der Waals surface area contributed by atoms with Gasteiger partial charge >= 0.3 is 0 Å². The summed E-state index contributed by atoms with van der Waals surface area (Å²) >= 11 is 0. The molecule has 0 N–H and O–H groups in total. The first-order valence-electron chi connectivity index (χ1n) is 9.70. The van der Waals surface area contributed by atoms with Crippen LogP contribution >= 0.6 is 0 Å². The molecule has 0 aliphatic carbocycles. The Bertz CT molecular complexity index is 883. The zero-order valence-corrected chi connectivity index (χ0v) is 17.2. The molecule has 0 radical (unpaired) electrons. The fourth-order valence-corrected chi connectivity index (χ4v) is 2.91. The van der Waals surface area contributed by atoms with Crippen LogP contribution in [-0.4, -0.2) is 36.8 Å². The third-order valence-corrected chi connectivity index (χ3v) is 4.47. The number of aromatic nitrogens is 2. The van der Waals surface area contributed by atoms with E-state index >= 15 is 0 Å². The first kappa shape index (κ1) is 20.5. The lowest BCUT2D eigenvalue weighted by Crippen LogP contribution is -2.22. The van der Waals surface area contributed by atoms with Gasteiger partial charge in [-0.2, -0.15) is 0 Å². The molecule has 6 nitrogen and oxygen atoms in total. The van der Waals surface area contributed by atoms with Crippen molar-refractivity contribution in [3.63, 3.8) is 0 Å². The lowest BCUT2D eigenvalue weighted by molar-refractivity contribution is 0.211. The van der Waals surface area contributed by atoms with Crippen LogP contribution in [0, 0.1) is 6.92 Å². The summed E-state index contributed by atoms with van der Waals surface area (Å²) in [6, 6.07) is 15.7. The van der Waals surface area contributed by atoms with Gasteiger partial charge in [0.1, 0.15) is 24.8 Å². The van der Waals surface area contributed by atoms with Crippen LogP contribution in [0.15, 0.2) is 60.9 Å². The maximum absolute atomic E-state index is 5.80. The minimum Gasteiger partial charge on any atom is -0.493 e. The Morgan fingerprint density at radius 1 is 0.862 bits per heavy atom. The molecule has 3 rings (SSSR count). The summed E-state index contributed by atoms with van der Waals surface area (Å²) < 4.78 is 16.8. The van der Waals surface area contributed by atoms with Gasteiger partial charge in [-0.05, 0) is 50.2 Å². The van der Waals surface area contributed by atoms with E-state index in [0.717, 1.165) is 41.7 Å². The summed E-state index contributed by atoms with van der Waals surface area (Å²) in [5, 5.41) is 0. The van der Waals surface area contributed by atoms with Crippen LogP contribution in [0.5, 0.6) is 17.2 Å². The molecule has 0 aliphatic heterocycles. The fourth-order valence-electron chi connectivity index (χ4n) is 2.91. The molecule has 1 heterocycles. The molecule has 0 saturated carbocycles. The van der Waals surface area contributed by atoms with Crippen molar-refractivity contribution in [2.75, 3.05) is 31.8 Å². The van der Waals surface area contributed by atoms with Crippen LogP contribution in [0.2, 0.25) is 0 Å². The Kier molecular flexibility index (Phi) is 7.28. The Balaban J connectivity index is 1.50. The molecular weight excluding hydrogens is 366 g/mol. The standard InChI is InChI=1S/C23H27N3O3/c1-4-26(17-19-15-24-18(2)25-16-19)20-9-11-21(12-10-20)28-13-14-29-23-8-6-5-7-22(23)27-3/h5-12,15-16H,4,13-14,17H2,1-3H3. The van der Waals surface area contributed by atoms with Crippen LogP contribution in [0.1, 0.15) is 18.3 Å². The molecule has 0 spiro atoms. The molecule has 0 fully saturated rings. The Morgan fingerprint density at radius 2 is 1.52 bits per heavy atom. The van der Waals surface area contributed by atoms with Gasteiger partial charge < -0.3 is 19.1 Å². The molecule has 0 amide bonds. The molecule has 0 atom stereocenters. The summed E-state index contributed by atoms with van der Waals surface area (Å²) in [7, 11) is 1.63. The van der Waals surface area contributed by atoms with Crippen molar-refractivity contribution in [3.05, 3.63) is 72.3 Å². The zero-order valence-electron chi connectivity index (χ0n) is 17.2. The third-order valence-electron chi connectivity index (χ3n) is 4.47. The van der Waals surface area contributed by atoms with Gasteiger partial charge in [0.05, 0.1) is 7.11 Å². The Morgan fingerprint density at radius 3 is 2.17 bits per heavy atom. The number of benzene rings is 2. The molecule has 6 heteroatoms. The van der Waals surface area contributed by atoms with Crippen LogP contribution in [0.3, 0.4) is 0 Å². The predicted molar refractivity (Wildman–Crippen MR) is 114 cm³/mol. The fraction of sp³-hybridized carbons (Fsp3) is 0.304. The summed E-state index contributed by atoms with van der Waals surface area (Å²) in [5.74, 6) is 3.03. The average Bonchev–Trinajstić information content (AvgIpc) is 2.77. The molecule has 29 heavy (non-hydrogen) atoms. The van der Waals surface area contributed by atoms with Gasteiger partial charge in [0, 0.05) is 36.7 Å². The molecule has 0 unspecified atom stereocenters. The van der Waals surface area contributed by atoms with Crippen molar-refractivity contribution in [1.29, 1.82) is 0 Å². The van der Waals surface area contributed by atoms with E-state index in [1.165, 1.54) is 0 Å². The van der Waals surface area contributed by atoms with Crippen LogP contribution < -0.4 is 19.1 Å². The maximum atomic E-state index is 5.80. The smallest absolute Gasteiger partial charge is 0.161 e. The van der Waals surface area contributed by atoms with Crippen molar-refractivity contribution in [3.8, 4) is 17.2 Å². The number of anilines is 1. The molecular formula is C23H27N3O3. The second-order valence-corrected chi connectivity index (χ2v) is 6.49. The highest BCUT2D eigenvalue weighted by molar-refractivity contribution is 5.49. The molecule has 3 aromatic rings. The summed E-state index contributed by atoms with van der Waals surface area (Å²) in [6.45, 7) is 6.58. The molecule has 1 aromatic heterocycles. The first-order chi connectivity index (χ1) is 14.2. The summed E-state index contributed by atoms with van der Waals surface area (Å²) in [6.07, 6.45) is 3.76. The van der Waals surface area contributed by atoms with Gasteiger partial charge in [-0.15, -0.1) is 0 Å². The van der Waals surface area contributed by atoms with E-state index in [9.17, 15) is 0 Å². The highest BCUT2D eigenvalue weighted by Crippen LogP contribution is 2.26. The minimum atomic E-state index is 0.441. The van der Waals surface area contributed by atoms with Crippen LogP contribution in [-0.2, 0) is 6.54 Å². The first-order valence-corrected chi connectivity index (χ1v) is 9.70. The Labute approximate surface area is 172 Å². The van der Waals surface area contributed by atoms with Gasteiger partial charge in [0.25, 0.3) is 0 Å². The number of ether oxygens (including phenoxy) is 3. The molecule has 2 aromatic carbocycles. The van der Waals surface area contributed by atoms with Crippen molar-refractivity contribution in [2.45, 2.75) is 20.4 Å². The number of methoxy groups -OCH3 is 1. The monoisotopic (exact) mass is 393 g/mol. The minimum absolute atomic E-state index is 0.441. The van der Waals surface area contributed by atoms with Crippen molar-refractivity contribution >= 4 is 5.69 Å². The summed E-state index contributed by atoms with van der Waals surface area (Å²) in [5.41, 5.74) is 2.22. The van der Waals surface area contributed by atoms with Crippen molar-refractivity contribution < 1.29 is 14.2 Å². The van der Waals surface area contributed by atoms with Crippen molar-refractivity contribution in [2.24, 2.45) is 0 Å². The largest absolute Gasteiger partial charge is 0.493 e. The zero-order chi connectivity index (χ0) is 20.5. The number of para-hydroxylation sites is 2. The Hall–Kier alpha value is -3.28. The number of aryl methyl sites for hydroxylation is 1. The van der Waals surface area contributed by atoms with Gasteiger partial charge in [0.15, 0.2) is 11.5 Å². The lowest BCUT2D eigenvalue weighted by atomic mass is 10.2. The van der Waals surface area contributed by atoms with Crippen LogP contribution in [0.4, 0.5) is 5.69 Å². The second kappa shape index (κ2) is 10.3. The quantitative estimate of drug-likeness (QED) is 0.479. The van der Waals surface area contributed by atoms with E-state index in [0.29, 0.717) is 19.0 Å². The lowest BCUT2D eigenvalue weighted by Gasteiger charge is -2.23. The summed E-state index contributed by atoms with van der Waals surface area (Å²) in [4.78, 5) is 10.8. The van der Waals surface area contributed by atoms with Crippen LogP contribution in [0.25, 0.3) is 0 Å². The normalized spacial score (nSPS) is 10.4. The highest BCUT2D eigenvalue weighted by Gasteiger charge is 2.07. The average molecular weight is 393 g/mol. The maximum Gasteiger partial charge on any atom is 0.161 e. The van der Waals surface area contributed by atoms with E-state index < -0.39 is 0 Å².